The highest BCUT2D eigenvalue weighted by molar-refractivity contribution is 5.80. The summed E-state index contributed by atoms with van der Waals surface area (Å²) in [5, 5.41) is 6.98. The van der Waals surface area contributed by atoms with Gasteiger partial charge >= 0.3 is 0 Å². The molecule has 1 atom stereocenters. The maximum Gasteiger partial charge on any atom is 0.191 e. The van der Waals surface area contributed by atoms with Crippen LogP contribution in [0.15, 0.2) is 41.5 Å². The normalized spacial score (nSPS) is 16.8. The Morgan fingerprint density at radius 1 is 1.23 bits per heavy atom. The van der Waals surface area contributed by atoms with E-state index in [1.54, 1.807) is 21.3 Å². The maximum absolute atomic E-state index is 5.39. The van der Waals surface area contributed by atoms with Gasteiger partial charge in [0.05, 0.1) is 14.2 Å². The average molecular weight is 427 g/mol. The number of nitrogens with zero attached hydrogens (tertiary/aromatic N) is 4. The monoisotopic (exact) mass is 426 g/mol. The molecule has 3 rings (SSSR count). The number of anilines is 1. The summed E-state index contributed by atoms with van der Waals surface area (Å²) in [7, 11) is 9.18. The summed E-state index contributed by atoms with van der Waals surface area (Å²) in [6.07, 6.45) is 2.88. The van der Waals surface area contributed by atoms with Crippen molar-refractivity contribution in [3.63, 3.8) is 0 Å². The summed E-state index contributed by atoms with van der Waals surface area (Å²) in [4.78, 5) is 13.3. The van der Waals surface area contributed by atoms with Crippen LogP contribution >= 0.6 is 0 Å². The van der Waals surface area contributed by atoms with E-state index in [4.69, 9.17) is 9.47 Å². The molecule has 0 radical (unpaired) electrons. The predicted octanol–water partition coefficient (Wildman–Crippen LogP) is 2.10. The van der Waals surface area contributed by atoms with Gasteiger partial charge in [-0.3, -0.25) is 9.89 Å². The third-order valence-electron chi connectivity index (χ3n) is 5.39. The van der Waals surface area contributed by atoms with Crippen LogP contribution in [0.4, 0.5) is 5.82 Å². The second-order valence-corrected chi connectivity index (χ2v) is 7.89. The van der Waals surface area contributed by atoms with E-state index in [9.17, 15) is 0 Å². The topological polar surface area (TPSA) is 74.3 Å². The number of hydrogen-bond donors (Lipinski definition) is 2. The number of guanidine groups is 1. The minimum atomic E-state index is 0.348. The molecule has 2 N–H and O–H groups in total. The predicted molar refractivity (Wildman–Crippen MR) is 125 cm³/mol. The summed E-state index contributed by atoms with van der Waals surface area (Å²) < 4.78 is 10.8. The standard InChI is InChI=1S/C23H34N6O2/c1-24-23(26-14-18-7-6-9-25-22(18)28(2)3)27-19-8-10-29(16-19)15-17-11-20(30-4)13-21(12-17)31-5/h6-7,9,11-13,19H,8,10,14-16H2,1-5H3,(H2,24,26,27). The van der Waals surface area contributed by atoms with Crippen molar-refractivity contribution in [3.05, 3.63) is 47.7 Å². The molecular weight excluding hydrogens is 392 g/mol. The molecule has 168 valence electrons. The van der Waals surface area contributed by atoms with Gasteiger partial charge in [0.1, 0.15) is 17.3 Å². The van der Waals surface area contributed by atoms with Crippen molar-refractivity contribution in [1.82, 2.24) is 20.5 Å². The molecule has 8 nitrogen and oxygen atoms in total. The minimum Gasteiger partial charge on any atom is -0.497 e. The third kappa shape index (κ3) is 6.24. The van der Waals surface area contributed by atoms with E-state index < -0.39 is 0 Å². The molecule has 1 aliphatic rings. The average Bonchev–Trinajstić information content (AvgIpc) is 3.22. The Morgan fingerprint density at radius 3 is 2.61 bits per heavy atom. The first-order valence-corrected chi connectivity index (χ1v) is 10.5. The lowest BCUT2D eigenvalue weighted by molar-refractivity contribution is 0.321. The van der Waals surface area contributed by atoms with Crippen molar-refractivity contribution in [2.75, 3.05) is 53.4 Å². The molecule has 1 aliphatic heterocycles. The molecule has 0 amide bonds. The number of nitrogens with one attached hydrogen (secondary N) is 2. The largest absolute Gasteiger partial charge is 0.497 e. The number of ether oxygens (including phenoxy) is 2. The smallest absolute Gasteiger partial charge is 0.191 e. The molecule has 1 unspecified atom stereocenters. The number of aliphatic imine (C=N–C) groups is 1. The van der Waals surface area contributed by atoms with Gasteiger partial charge in [-0.2, -0.15) is 0 Å². The van der Waals surface area contributed by atoms with Gasteiger partial charge in [-0.15, -0.1) is 0 Å². The fraction of sp³-hybridized carbons (Fsp3) is 0.478. The molecule has 1 fully saturated rings. The van der Waals surface area contributed by atoms with Crippen LogP contribution in [-0.2, 0) is 13.1 Å². The van der Waals surface area contributed by atoms with Gasteiger partial charge in [-0.25, -0.2) is 4.98 Å². The molecule has 0 saturated carbocycles. The third-order valence-corrected chi connectivity index (χ3v) is 5.39. The van der Waals surface area contributed by atoms with E-state index in [0.717, 1.165) is 54.9 Å². The molecule has 2 aromatic rings. The summed E-state index contributed by atoms with van der Waals surface area (Å²) in [5.74, 6) is 3.41. The Balaban J connectivity index is 1.53. The van der Waals surface area contributed by atoms with Gasteiger partial charge in [0.25, 0.3) is 0 Å². The van der Waals surface area contributed by atoms with Crippen LogP contribution in [0.3, 0.4) is 0 Å². The zero-order valence-electron chi connectivity index (χ0n) is 19.2. The van der Waals surface area contributed by atoms with E-state index >= 15 is 0 Å². The lowest BCUT2D eigenvalue weighted by Crippen LogP contribution is -2.44. The second-order valence-electron chi connectivity index (χ2n) is 7.89. The molecule has 2 heterocycles. The van der Waals surface area contributed by atoms with Crippen LogP contribution in [0.2, 0.25) is 0 Å². The van der Waals surface area contributed by atoms with Crippen LogP contribution < -0.4 is 25.0 Å². The van der Waals surface area contributed by atoms with Crippen molar-refractivity contribution >= 4 is 11.8 Å². The van der Waals surface area contributed by atoms with Gasteiger partial charge in [0.15, 0.2) is 5.96 Å². The van der Waals surface area contributed by atoms with E-state index in [0.29, 0.717) is 12.6 Å². The maximum atomic E-state index is 5.39. The van der Waals surface area contributed by atoms with E-state index in [1.807, 2.05) is 37.3 Å². The highest BCUT2D eigenvalue weighted by Gasteiger charge is 2.23. The Labute approximate surface area is 185 Å². The molecule has 0 bridgehead atoms. The molecule has 0 spiro atoms. The molecule has 0 aliphatic carbocycles. The quantitative estimate of drug-likeness (QED) is 0.495. The molecule has 1 aromatic heterocycles. The zero-order valence-corrected chi connectivity index (χ0v) is 19.2. The van der Waals surface area contributed by atoms with Crippen LogP contribution in [0, 0.1) is 0 Å². The Kier molecular flexibility index (Phi) is 7.94. The van der Waals surface area contributed by atoms with Gasteiger partial charge in [0.2, 0.25) is 0 Å². The Hall–Kier alpha value is -3.00. The lowest BCUT2D eigenvalue weighted by Gasteiger charge is -2.20. The summed E-state index contributed by atoms with van der Waals surface area (Å²) in [6, 6.07) is 10.4. The summed E-state index contributed by atoms with van der Waals surface area (Å²) >= 11 is 0. The molecule has 8 heteroatoms. The highest BCUT2D eigenvalue weighted by Crippen LogP contribution is 2.24. The van der Waals surface area contributed by atoms with Crippen molar-refractivity contribution in [3.8, 4) is 11.5 Å². The second kappa shape index (κ2) is 10.9. The fourth-order valence-corrected chi connectivity index (χ4v) is 3.85. The van der Waals surface area contributed by atoms with Gasteiger partial charge in [0, 0.05) is 71.2 Å². The number of pyridine rings is 1. The molecule has 1 aromatic carbocycles. The number of benzene rings is 1. The van der Waals surface area contributed by atoms with Crippen molar-refractivity contribution in [2.45, 2.75) is 25.6 Å². The fourth-order valence-electron chi connectivity index (χ4n) is 3.85. The number of rotatable bonds is 8. The van der Waals surface area contributed by atoms with Gasteiger partial charge in [-0.05, 0) is 30.2 Å². The molecule has 1 saturated heterocycles. The number of likely N-dealkylation sites (tertiary alicyclic amines) is 1. The van der Waals surface area contributed by atoms with Gasteiger partial charge in [-0.1, -0.05) is 6.07 Å². The Morgan fingerprint density at radius 2 is 1.97 bits per heavy atom. The highest BCUT2D eigenvalue weighted by atomic mass is 16.5. The van der Waals surface area contributed by atoms with Crippen molar-refractivity contribution in [2.24, 2.45) is 4.99 Å². The van der Waals surface area contributed by atoms with Crippen LogP contribution in [0.1, 0.15) is 17.5 Å². The molecule has 31 heavy (non-hydrogen) atoms. The summed E-state index contributed by atoms with van der Waals surface area (Å²) in [5.41, 5.74) is 2.32. The zero-order chi connectivity index (χ0) is 22.2. The SMILES string of the molecule is CN=C(NCc1cccnc1N(C)C)NC1CCN(Cc2cc(OC)cc(OC)c2)C1. The van der Waals surface area contributed by atoms with Crippen molar-refractivity contribution < 1.29 is 9.47 Å². The molecular formula is C23H34N6O2. The first-order valence-electron chi connectivity index (χ1n) is 10.5. The number of aromatic nitrogens is 1. The first-order chi connectivity index (χ1) is 15.0. The van der Waals surface area contributed by atoms with E-state index in [-0.39, 0.29) is 0 Å². The van der Waals surface area contributed by atoms with E-state index in [2.05, 4.69) is 43.7 Å². The number of hydrogen-bond acceptors (Lipinski definition) is 6. The van der Waals surface area contributed by atoms with Crippen molar-refractivity contribution in [1.29, 1.82) is 0 Å². The van der Waals surface area contributed by atoms with Gasteiger partial charge < -0.3 is 25.0 Å². The first kappa shape index (κ1) is 22.7. The van der Waals surface area contributed by atoms with Crippen LogP contribution in [-0.4, -0.2) is 70.3 Å². The number of methoxy groups -OCH3 is 2. The van der Waals surface area contributed by atoms with E-state index in [1.165, 1.54) is 5.56 Å². The summed E-state index contributed by atoms with van der Waals surface area (Å²) in [6.45, 7) is 3.51. The minimum absolute atomic E-state index is 0.348. The van der Waals surface area contributed by atoms with Crippen LogP contribution in [0.5, 0.6) is 11.5 Å². The lowest BCUT2D eigenvalue weighted by atomic mass is 10.2. The van der Waals surface area contributed by atoms with Crippen LogP contribution in [0.25, 0.3) is 0 Å². The Bertz CT molecular complexity index is 864.